The van der Waals surface area contributed by atoms with Crippen LogP contribution in [-0.4, -0.2) is 19.7 Å². The standard InChI is InChI=1S/C16H21NO2/c1-3-19-16(14-7-5-4-6-8-14)15(17-2)11-13-9-10-18-12-13/h4-10,12,15-17H,3,11H2,1-2H3. The Morgan fingerprint density at radius 2 is 2.00 bits per heavy atom. The Kier molecular flexibility index (Phi) is 5.19. The van der Waals surface area contributed by atoms with Gasteiger partial charge in [-0.1, -0.05) is 30.3 Å². The largest absolute Gasteiger partial charge is 0.472 e. The zero-order valence-electron chi connectivity index (χ0n) is 11.5. The molecular formula is C16H21NO2. The van der Waals surface area contributed by atoms with Crippen LogP contribution in [0.1, 0.15) is 24.2 Å². The van der Waals surface area contributed by atoms with Crippen LogP contribution < -0.4 is 5.32 Å². The molecule has 1 N–H and O–H groups in total. The summed E-state index contributed by atoms with van der Waals surface area (Å²) in [5.74, 6) is 0. The summed E-state index contributed by atoms with van der Waals surface area (Å²) >= 11 is 0. The molecule has 3 nitrogen and oxygen atoms in total. The molecule has 1 aromatic heterocycles. The summed E-state index contributed by atoms with van der Waals surface area (Å²) in [4.78, 5) is 0. The maximum Gasteiger partial charge on any atom is 0.0980 e. The lowest BCUT2D eigenvalue weighted by molar-refractivity contribution is 0.0352. The van der Waals surface area contributed by atoms with E-state index in [4.69, 9.17) is 9.15 Å². The highest BCUT2D eigenvalue weighted by molar-refractivity contribution is 5.20. The third-order valence-electron chi connectivity index (χ3n) is 3.25. The molecule has 2 rings (SSSR count). The summed E-state index contributed by atoms with van der Waals surface area (Å²) in [5, 5.41) is 3.36. The predicted octanol–water partition coefficient (Wildman–Crippen LogP) is 3.19. The van der Waals surface area contributed by atoms with E-state index in [9.17, 15) is 0 Å². The number of hydrogen-bond donors (Lipinski definition) is 1. The van der Waals surface area contributed by atoms with Gasteiger partial charge in [0.15, 0.2) is 0 Å². The Morgan fingerprint density at radius 3 is 2.58 bits per heavy atom. The van der Waals surface area contributed by atoms with Gasteiger partial charge >= 0.3 is 0 Å². The average molecular weight is 259 g/mol. The molecule has 0 saturated heterocycles. The van der Waals surface area contributed by atoms with Crippen LogP contribution in [0.4, 0.5) is 0 Å². The molecule has 0 aliphatic rings. The van der Waals surface area contributed by atoms with Crippen molar-refractivity contribution in [2.24, 2.45) is 0 Å². The number of furan rings is 1. The van der Waals surface area contributed by atoms with Crippen molar-refractivity contribution in [2.45, 2.75) is 25.5 Å². The predicted molar refractivity (Wildman–Crippen MR) is 76.1 cm³/mol. The molecule has 1 heterocycles. The van der Waals surface area contributed by atoms with Crippen LogP contribution in [0.2, 0.25) is 0 Å². The van der Waals surface area contributed by atoms with E-state index in [2.05, 4.69) is 17.4 Å². The summed E-state index contributed by atoms with van der Waals surface area (Å²) in [7, 11) is 1.97. The van der Waals surface area contributed by atoms with Crippen molar-refractivity contribution in [3.63, 3.8) is 0 Å². The molecule has 0 aliphatic heterocycles. The molecule has 3 heteroatoms. The van der Waals surface area contributed by atoms with Gasteiger partial charge in [0.2, 0.25) is 0 Å². The highest BCUT2D eigenvalue weighted by Crippen LogP contribution is 2.23. The fourth-order valence-corrected chi connectivity index (χ4v) is 2.29. The number of benzene rings is 1. The fourth-order valence-electron chi connectivity index (χ4n) is 2.29. The molecule has 1 aromatic carbocycles. The summed E-state index contributed by atoms with van der Waals surface area (Å²) in [6.07, 6.45) is 4.43. The Balaban J connectivity index is 2.16. The molecule has 102 valence electrons. The number of hydrogen-bond acceptors (Lipinski definition) is 3. The number of ether oxygens (including phenoxy) is 1. The third kappa shape index (κ3) is 3.69. The minimum Gasteiger partial charge on any atom is -0.472 e. The number of likely N-dealkylation sites (N-methyl/N-ethyl adjacent to an activating group) is 1. The number of nitrogens with one attached hydrogen (secondary N) is 1. The molecule has 2 unspecified atom stereocenters. The minimum absolute atomic E-state index is 0.0473. The van der Waals surface area contributed by atoms with Crippen molar-refractivity contribution in [1.82, 2.24) is 5.32 Å². The molecular weight excluding hydrogens is 238 g/mol. The first kappa shape index (κ1) is 13.8. The quantitative estimate of drug-likeness (QED) is 0.829. The second kappa shape index (κ2) is 7.12. The molecule has 0 spiro atoms. The highest BCUT2D eigenvalue weighted by atomic mass is 16.5. The van der Waals surface area contributed by atoms with Crippen LogP contribution in [0.15, 0.2) is 53.3 Å². The van der Waals surface area contributed by atoms with Crippen LogP contribution in [-0.2, 0) is 11.2 Å². The Labute approximate surface area is 114 Å². The van der Waals surface area contributed by atoms with Gasteiger partial charge in [-0.05, 0) is 37.6 Å². The van der Waals surface area contributed by atoms with Crippen molar-refractivity contribution < 1.29 is 9.15 Å². The van der Waals surface area contributed by atoms with Crippen LogP contribution in [0.5, 0.6) is 0 Å². The summed E-state index contributed by atoms with van der Waals surface area (Å²) in [5.41, 5.74) is 2.38. The van der Waals surface area contributed by atoms with Gasteiger partial charge in [-0.2, -0.15) is 0 Å². The molecule has 2 atom stereocenters. The topological polar surface area (TPSA) is 34.4 Å². The fraction of sp³-hybridized carbons (Fsp3) is 0.375. The van der Waals surface area contributed by atoms with Gasteiger partial charge < -0.3 is 14.5 Å². The van der Waals surface area contributed by atoms with E-state index >= 15 is 0 Å². The highest BCUT2D eigenvalue weighted by Gasteiger charge is 2.22. The summed E-state index contributed by atoms with van der Waals surface area (Å²) in [6.45, 7) is 2.73. The van der Waals surface area contributed by atoms with Crippen LogP contribution in [0, 0.1) is 0 Å². The molecule has 0 amide bonds. The smallest absolute Gasteiger partial charge is 0.0980 e. The molecule has 19 heavy (non-hydrogen) atoms. The van der Waals surface area contributed by atoms with Gasteiger partial charge in [0.1, 0.15) is 0 Å². The van der Waals surface area contributed by atoms with Gasteiger partial charge in [-0.15, -0.1) is 0 Å². The summed E-state index contributed by atoms with van der Waals surface area (Å²) in [6, 6.07) is 12.6. The molecule has 0 fully saturated rings. The minimum atomic E-state index is 0.0473. The van der Waals surface area contributed by atoms with Crippen molar-refractivity contribution in [3.05, 3.63) is 60.1 Å². The third-order valence-corrected chi connectivity index (χ3v) is 3.25. The lowest BCUT2D eigenvalue weighted by Crippen LogP contribution is -2.35. The molecule has 0 radical (unpaired) electrons. The first-order valence-electron chi connectivity index (χ1n) is 6.70. The molecule has 0 aliphatic carbocycles. The maximum atomic E-state index is 5.94. The Bertz CT molecular complexity index is 453. The van der Waals surface area contributed by atoms with E-state index in [0.717, 1.165) is 6.42 Å². The van der Waals surface area contributed by atoms with Gasteiger partial charge in [0.05, 0.1) is 18.6 Å². The van der Waals surface area contributed by atoms with E-state index in [1.807, 2.05) is 38.2 Å². The van der Waals surface area contributed by atoms with Crippen LogP contribution in [0.3, 0.4) is 0 Å². The van der Waals surface area contributed by atoms with Crippen LogP contribution in [0.25, 0.3) is 0 Å². The van der Waals surface area contributed by atoms with Crippen molar-refractivity contribution in [3.8, 4) is 0 Å². The average Bonchev–Trinajstić information content (AvgIpc) is 2.96. The van der Waals surface area contributed by atoms with Crippen LogP contribution >= 0.6 is 0 Å². The molecule has 2 aromatic rings. The first-order valence-corrected chi connectivity index (χ1v) is 6.70. The van der Waals surface area contributed by atoms with Gasteiger partial charge in [0.25, 0.3) is 0 Å². The van der Waals surface area contributed by atoms with Crippen molar-refractivity contribution in [2.75, 3.05) is 13.7 Å². The molecule has 0 saturated carbocycles. The van der Waals surface area contributed by atoms with E-state index in [-0.39, 0.29) is 12.1 Å². The van der Waals surface area contributed by atoms with E-state index < -0.39 is 0 Å². The number of rotatable bonds is 7. The van der Waals surface area contributed by atoms with Gasteiger partial charge in [-0.3, -0.25) is 0 Å². The first-order chi connectivity index (χ1) is 9.35. The normalized spacial score (nSPS) is 14.2. The monoisotopic (exact) mass is 259 g/mol. The van der Waals surface area contributed by atoms with Crippen molar-refractivity contribution >= 4 is 0 Å². The van der Waals surface area contributed by atoms with Gasteiger partial charge in [-0.25, -0.2) is 0 Å². The SMILES string of the molecule is CCOC(c1ccccc1)C(Cc1ccoc1)NC. The van der Waals surface area contributed by atoms with Gasteiger partial charge in [0, 0.05) is 12.6 Å². The lowest BCUT2D eigenvalue weighted by Gasteiger charge is -2.27. The Morgan fingerprint density at radius 1 is 1.21 bits per heavy atom. The zero-order chi connectivity index (χ0) is 13.5. The maximum absolute atomic E-state index is 5.94. The van der Waals surface area contributed by atoms with E-state index in [1.54, 1.807) is 12.5 Å². The second-order valence-electron chi connectivity index (χ2n) is 4.52. The zero-order valence-corrected chi connectivity index (χ0v) is 11.5. The lowest BCUT2D eigenvalue weighted by atomic mass is 9.97. The van der Waals surface area contributed by atoms with Crippen molar-refractivity contribution in [1.29, 1.82) is 0 Å². The molecule has 0 bridgehead atoms. The second-order valence-corrected chi connectivity index (χ2v) is 4.52. The van der Waals surface area contributed by atoms with E-state index in [1.165, 1.54) is 11.1 Å². The summed E-state index contributed by atoms with van der Waals surface area (Å²) < 4.78 is 11.1. The van der Waals surface area contributed by atoms with E-state index in [0.29, 0.717) is 6.61 Å². The Hall–Kier alpha value is -1.58.